The Bertz CT molecular complexity index is 595. The summed E-state index contributed by atoms with van der Waals surface area (Å²) in [7, 11) is 0. The van der Waals surface area contributed by atoms with Gasteiger partial charge in [0.25, 0.3) is 0 Å². The summed E-state index contributed by atoms with van der Waals surface area (Å²) in [6, 6.07) is 12.6. The van der Waals surface area contributed by atoms with E-state index < -0.39 is 6.10 Å². The molecule has 0 spiro atoms. The van der Waals surface area contributed by atoms with Gasteiger partial charge in [-0.2, -0.15) is 0 Å². The van der Waals surface area contributed by atoms with Crippen LogP contribution in [-0.4, -0.2) is 11.7 Å². The molecule has 1 unspecified atom stereocenters. The first-order valence-corrected chi connectivity index (χ1v) is 6.85. The van der Waals surface area contributed by atoms with Crippen molar-refractivity contribution in [2.75, 3.05) is 11.4 Å². The van der Waals surface area contributed by atoms with Crippen LogP contribution < -0.4 is 4.90 Å². The summed E-state index contributed by atoms with van der Waals surface area (Å²) in [5.74, 6) is -0.328. The van der Waals surface area contributed by atoms with Gasteiger partial charge in [-0.1, -0.05) is 18.2 Å². The van der Waals surface area contributed by atoms with Crippen molar-refractivity contribution in [3.8, 4) is 0 Å². The van der Waals surface area contributed by atoms with E-state index in [2.05, 4.69) is 4.90 Å². The van der Waals surface area contributed by atoms with Crippen molar-refractivity contribution in [1.82, 2.24) is 0 Å². The van der Waals surface area contributed by atoms with E-state index in [-0.39, 0.29) is 5.82 Å². The van der Waals surface area contributed by atoms with E-state index in [0.29, 0.717) is 5.56 Å². The van der Waals surface area contributed by atoms with Gasteiger partial charge in [-0.3, -0.25) is 0 Å². The number of hydrogen-bond donors (Lipinski definition) is 1. The minimum absolute atomic E-state index is 0.328. The van der Waals surface area contributed by atoms with Crippen molar-refractivity contribution < 1.29 is 9.50 Å². The van der Waals surface area contributed by atoms with Gasteiger partial charge in [0, 0.05) is 23.5 Å². The lowest BCUT2D eigenvalue weighted by atomic mass is 10.1. The molecule has 0 aliphatic carbocycles. The van der Waals surface area contributed by atoms with Crippen LogP contribution in [0.5, 0.6) is 0 Å². The topological polar surface area (TPSA) is 23.5 Å². The Labute approximate surface area is 119 Å². The van der Waals surface area contributed by atoms with Gasteiger partial charge in [0.15, 0.2) is 0 Å². The summed E-state index contributed by atoms with van der Waals surface area (Å²) in [6.07, 6.45) is -0.709. The lowest BCUT2D eigenvalue weighted by Crippen LogP contribution is -2.19. The molecular weight excluding hydrogens is 253 g/mol. The lowest BCUT2D eigenvalue weighted by Gasteiger charge is -2.28. The van der Waals surface area contributed by atoms with Crippen LogP contribution in [0.3, 0.4) is 0 Å². The third-order valence-electron chi connectivity index (χ3n) is 3.45. The van der Waals surface area contributed by atoms with Crippen LogP contribution in [0.1, 0.15) is 31.1 Å². The summed E-state index contributed by atoms with van der Waals surface area (Å²) < 4.78 is 13.4. The Morgan fingerprint density at radius 1 is 1.15 bits per heavy atom. The van der Waals surface area contributed by atoms with Crippen molar-refractivity contribution >= 4 is 11.4 Å². The molecule has 0 bridgehead atoms. The Morgan fingerprint density at radius 3 is 2.45 bits per heavy atom. The molecule has 0 saturated heterocycles. The fraction of sp³-hybridized carbons (Fsp3) is 0.294. The van der Waals surface area contributed by atoms with Crippen LogP contribution in [0.15, 0.2) is 42.5 Å². The quantitative estimate of drug-likeness (QED) is 0.895. The van der Waals surface area contributed by atoms with Crippen molar-refractivity contribution in [2.45, 2.75) is 26.9 Å². The van der Waals surface area contributed by atoms with E-state index in [4.69, 9.17) is 0 Å². The number of aryl methyl sites for hydroxylation is 1. The molecule has 0 radical (unpaired) electrons. The smallest absolute Gasteiger partial charge is 0.123 e. The summed E-state index contributed by atoms with van der Waals surface area (Å²) >= 11 is 0. The normalized spacial score (nSPS) is 12.2. The SMILES string of the molecule is CCN(c1ccccc1C)c1ccc(F)cc1C(C)O. The van der Waals surface area contributed by atoms with Crippen molar-refractivity contribution in [3.63, 3.8) is 0 Å². The van der Waals surface area contributed by atoms with E-state index in [9.17, 15) is 9.50 Å². The maximum absolute atomic E-state index is 13.4. The molecule has 20 heavy (non-hydrogen) atoms. The number of aliphatic hydroxyl groups is 1. The number of halogens is 1. The lowest BCUT2D eigenvalue weighted by molar-refractivity contribution is 0.199. The average molecular weight is 273 g/mol. The third kappa shape index (κ3) is 2.83. The molecule has 2 aromatic rings. The number of nitrogens with zero attached hydrogens (tertiary/aromatic N) is 1. The summed E-state index contributed by atoms with van der Waals surface area (Å²) in [4.78, 5) is 2.09. The molecule has 0 saturated carbocycles. The molecule has 0 aliphatic rings. The number of hydrogen-bond acceptors (Lipinski definition) is 2. The van der Waals surface area contributed by atoms with Crippen LogP contribution >= 0.6 is 0 Å². The minimum Gasteiger partial charge on any atom is -0.389 e. The van der Waals surface area contributed by atoms with Crippen LogP contribution in [-0.2, 0) is 0 Å². The maximum atomic E-state index is 13.4. The molecule has 2 nitrogen and oxygen atoms in total. The average Bonchev–Trinajstić information content (AvgIpc) is 2.42. The minimum atomic E-state index is -0.709. The highest BCUT2D eigenvalue weighted by Crippen LogP contribution is 2.33. The zero-order valence-corrected chi connectivity index (χ0v) is 12.1. The fourth-order valence-corrected chi connectivity index (χ4v) is 2.44. The predicted molar refractivity (Wildman–Crippen MR) is 80.9 cm³/mol. The number of anilines is 2. The fourth-order valence-electron chi connectivity index (χ4n) is 2.44. The highest BCUT2D eigenvalue weighted by atomic mass is 19.1. The molecule has 0 amide bonds. The van der Waals surface area contributed by atoms with Gasteiger partial charge in [-0.05, 0) is 50.6 Å². The molecule has 0 aliphatic heterocycles. The van der Waals surface area contributed by atoms with Crippen molar-refractivity contribution in [3.05, 3.63) is 59.4 Å². The van der Waals surface area contributed by atoms with E-state index in [0.717, 1.165) is 23.5 Å². The van der Waals surface area contributed by atoms with E-state index in [1.807, 2.05) is 38.1 Å². The first-order valence-electron chi connectivity index (χ1n) is 6.85. The summed E-state index contributed by atoms with van der Waals surface area (Å²) in [6.45, 7) is 6.49. The van der Waals surface area contributed by atoms with E-state index in [1.54, 1.807) is 13.0 Å². The van der Waals surface area contributed by atoms with Gasteiger partial charge < -0.3 is 10.0 Å². The van der Waals surface area contributed by atoms with Gasteiger partial charge in [0.05, 0.1) is 6.10 Å². The van der Waals surface area contributed by atoms with Crippen LogP contribution in [0, 0.1) is 12.7 Å². The Kier molecular flexibility index (Phi) is 4.40. The standard InChI is InChI=1S/C17H20FNO/c1-4-19(16-8-6-5-7-12(16)2)17-10-9-14(18)11-15(17)13(3)20/h5-11,13,20H,4H2,1-3H3. The second kappa shape index (κ2) is 6.06. The van der Waals surface area contributed by atoms with Crippen LogP contribution in [0.25, 0.3) is 0 Å². The van der Waals surface area contributed by atoms with Crippen molar-refractivity contribution in [2.24, 2.45) is 0 Å². The number of rotatable bonds is 4. The molecule has 0 heterocycles. The van der Waals surface area contributed by atoms with Gasteiger partial charge in [-0.25, -0.2) is 4.39 Å². The Balaban J connectivity index is 2.55. The van der Waals surface area contributed by atoms with E-state index >= 15 is 0 Å². The summed E-state index contributed by atoms with van der Waals surface area (Å²) in [5, 5.41) is 9.90. The van der Waals surface area contributed by atoms with Gasteiger partial charge in [0.2, 0.25) is 0 Å². The monoisotopic (exact) mass is 273 g/mol. The highest BCUT2D eigenvalue weighted by Gasteiger charge is 2.16. The first kappa shape index (κ1) is 14.5. The molecule has 1 atom stereocenters. The molecule has 2 rings (SSSR count). The Morgan fingerprint density at radius 2 is 1.85 bits per heavy atom. The highest BCUT2D eigenvalue weighted by molar-refractivity contribution is 5.69. The number of benzene rings is 2. The summed E-state index contributed by atoms with van der Waals surface area (Å²) in [5.41, 5.74) is 3.67. The molecular formula is C17H20FNO. The van der Waals surface area contributed by atoms with E-state index in [1.165, 1.54) is 12.1 Å². The Hall–Kier alpha value is -1.87. The second-order valence-corrected chi connectivity index (χ2v) is 4.91. The predicted octanol–water partition coefficient (Wildman–Crippen LogP) is 4.35. The third-order valence-corrected chi connectivity index (χ3v) is 3.45. The first-order chi connectivity index (χ1) is 9.54. The number of para-hydroxylation sites is 1. The second-order valence-electron chi connectivity index (χ2n) is 4.91. The number of aliphatic hydroxyl groups excluding tert-OH is 1. The van der Waals surface area contributed by atoms with Gasteiger partial charge in [0.1, 0.15) is 5.82 Å². The van der Waals surface area contributed by atoms with Crippen LogP contribution in [0.2, 0.25) is 0 Å². The van der Waals surface area contributed by atoms with Gasteiger partial charge >= 0.3 is 0 Å². The zero-order valence-electron chi connectivity index (χ0n) is 12.1. The molecule has 1 N–H and O–H groups in total. The van der Waals surface area contributed by atoms with Gasteiger partial charge in [-0.15, -0.1) is 0 Å². The zero-order chi connectivity index (χ0) is 14.7. The molecule has 3 heteroatoms. The molecule has 0 aromatic heterocycles. The maximum Gasteiger partial charge on any atom is 0.123 e. The largest absolute Gasteiger partial charge is 0.389 e. The van der Waals surface area contributed by atoms with Crippen molar-refractivity contribution in [1.29, 1.82) is 0 Å². The molecule has 106 valence electrons. The van der Waals surface area contributed by atoms with Crippen LogP contribution in [0.4, 0.5) is 15.8 Å². The molecule has 0 fully saturated rings. The molecule has 2 aromatic carbocycles.